The molecule has 1 fully saturated rings. The molecular formula is C22H30N4O2. The summed E-state index contributed by atoms with van der Waals surface area (Å²) in [4.78, 5) is 33.4. The average molecular weight is 383 g/mol. The molecule has 1 aliphatic rings. The zero-order valence-corrected chi connectivity index (χ0v) is 17.5. The maximum atomic E-state index is 12.9. The largest absolute Gasteiger partial charge is 0.343 e. The van der Waals surface area contributed by atoms with Crippen LogP contribution in [0.2, 0.25) is 0 Å². The molecule has 0 bridgehead atoms. The summed E-state index contributed by atoms with van der Waals surface area (Å²) in [5.74, 6) is 0.156. The number of nitrogens with zero attached hydrogens (tertiary/aromatic N) is 4. The van der Waals surface area contributed by atoms with Gasteiger partial charge in [-0.1, -0.05) is 0 Å². The Hall–Kier alpha value is -2.47. The molecule has 0 aromatic carbocycles. The van der Waals surface area contributed by atoms with E-state index in [0.29, 0.717) is 38.3 Å². The second-order valence-electron chi connectivity index (χ2n) is 8.52. The van der Waals surface area contributed by atoms with Crippen molar-refractivity contribution in [2.75, 3.05) is 32.7 Å². The van der Waals surface area contributed by atoms with Gasteiger partial charge in [0.15, 0.2) is 5.78 Å². The Morgan fingerprint density at radius 2 is 1.79 bits per heavy atom. The molecule has 2 aromatic rings. The Kier molecular flexibility index (Phi) is 5.70. The fourth-order valence-electron chi connectivity index (χ4n) is 4.15. The highest BCUT2D eigenvalue weighted by molar-refractivity contribution is 5.99. The number of amides is 1. The van der Waals surface area contributed by atoms with Crippen LogP contribution in [0.15, 0.2) is 30.6 Å². The number of carbonyl (C=O) groups excluding carboxylic acids is 2. The van der Waals surface area contributed by atoms with E-state index in [1.54, 1.807) is 24.5 Å². The Balaban J connectivity index is 1.61. The second-order valence-corrected chi connectivity index (χ2v) is 8.52. The van der Waals surface area contributed by atoms with Crippen LogP contribution in [-0.4, -0.2) is 63.8 Å². The van der Waals surface area contributed by atoms with Gasteiger partial charge in [0.25, 0.3) is 5.91 Å². The third kappa shape index (κ3) is 4.17. The van der Waals surface area contributed by atoms with E-state index in [2.05, 4.69) is 42.1 Å². The first-order valence-electron chi connectivity index (χ1n) is 9.83. The third-order valence-electron chi connectivity index (χ3n) is 5.34. The summed E-state index contributed by atoms with van der Waals surface area (Å²) in [6.07, 6.45) is 3.26. The molecule has 3 heterocycles. The lowest BCUT2D eigenvalue weighted by atomic mass is 10.1. The van der Waals surface area contributed by atoms with Crippen LogP contribution in [0.3, 0.4) is 0 Å². The van der Waals surface area contributed by atoms with E-state index in [4.69, 9.17) is 0 Å². The Labute approximate surface area is 167 Å². The molecule has 28 heavy (non-hydrogen) atoms. The summed E-state index contributed by atoms with van der Waals surface area (Å²) in [7, 11) is 0. The smallest absolute Gasteiger partial charge is 0.255 e. The van der Waals surface area contributed by atoms with Crippen LogP contribution >= 0.6 is 0 Å². The quantitative estimate of drug-likeness (QED) is 0.763. The zero-order valence-electron chi connectivity index (χ0n) is 17.5. The number of pyridine rings is 1. The lowest BCUT2D eigenvalue weighted by Gasteiger charge is -2.34. The number of aryl methyl sites for hydroxylation is 1. The molecule has 1 aliphatic heterocycles. The number of hydrogen-bond acceptors (Lipinski definition) is 4. The van der Waals surface area contributed by atoms with Crippen LogP contribution in [0, 0.1) is 13.8 Å². The van der Waals surface area contributed by atoms with Gasteiger partial charge in [-0.05, 0) is 52.8 Å². The molecule has 6 heteroatoms. The van der Waals surface area contributed by atoms with Gasteiger partial charge in [-0.15, -0.1) is 0 Å². The Morgan fingerprint density at radius 1 is 1.11 bits per heavy atom. The first kappa shape index (κ1) is 20.3. The normalized spacial score (nSPS) is 15.7. The molecular weight excluding hydrogens is 352 g/mol. The summed E-state index contributed by atoms with van der Waals surface area (Å²) < 4.78 is 2.23. The summed E-state index contributed by atoms with van der Waals surface area (Å²) in [6, 6.07) is 5.57. The van der Waals surface area contributed by atoms with Gasteiger partial charge in [0.1, 0.15) is 0 Å². The van der Waals surface area contributed by atoms with Crippen LogP contribution in [0.4, 0.5) is 0 Å². The van der Waals surface area contributed by atoms with Crippen molar-refractivity contribution >= 4 is 11.7 Å². The lowest BCUT2D eigenvalue weighted by molar-refractivity contribution is 0.0624. The van der Waals surface area contributed by atoms with Gasteiger partial charge in [0.05, 0.1) is 12.1 Å². The number of rotatable bonds is 4. The van der Waals surface area contributed by atoms with E-state index in [-0.39, 0.29) is 17.2 Å². The van der Waals surface area contributed by atoms with E-state index in [0.717, 1.165) is 17.0 Å². The number of aromatic nitrogens is 2. The lowest BCUT2D eigenvalue weighted by Crippen LogP contribution is -2.49. The van der Waals surface area contributed by atoms with Crippen LogP contribution in [-0.2, 0) is 5.54 Å². The van der Waals surface area contributed by atoms with Gasteiger partial charge < -0.3 is 9.47 Å². The minimum absolute atomic E-state index is 0.00722. The summed E-state index contributed by atoms with van der Waals surface area (Å²) >= 11 is 0. The van der Waals surface area contributed by atoms with Gasteiger partial charge in [-0.25, -0.2) is 0 Å². The molecule has 6 nitrogen and oxygen atoms in total. The van der Waals surface area contributed by atoms with Crippen LogP contribution in [0.5, 0.6) is 0 Å². The zero-order chi connectivity index (χ0) is 20.5. The number of piperazine rings is 1. The molecule has 0 saturated carbocycles. The summed E-state index contributed by atoms with van der Waals surface area (Å²) in [5, 5.41) is 0. The summed E-state index contributed by atoms with van der Waals surface area (Å²) in [5.41, 5.74) is 3.51. The van der Waals surface area contributed by atoms with Crippen molar-refractivity contribution < 1.29 is 9.59 Å². The molecule has 1 saturated heterocycles. The molecule has 0 atom stereocenters. The molecule has 0 spiro atoms. The van der Waals surface area contributed by atoms with Crippen molar-refractivity contribution in [1.29, 1.82) is 0 Å². The monoisotopic (exact) mass is 382 g/mol. The van der Waals surface area contributed by atoms with E-state index in [9.17, 15) is 9.59 Å². The van der Waals surface area contributed by atoms with Crippen molar-refractivity contribution in [2.45, 2.75) is 40.2 Å². The fourth-order valence-corrected chi connectivity index (χ4v) is 4.15. The highest BCUT2D eigenvalue weighted by atomic mass is 16.2. The van der Waals surface area contributed by atoms with E-state index in [1.807, 2.05) is 17.9 Å². The highest BCUT2D eigenvalue weighted by Crippen LogP contribution is 2.25. The Bertz CT molecular complexity index is 857. The standard InChI is InChI=1S/C22H30N4O2/c1-16-13-19(17(2)26(16)22(3,4)5)20(27)15-24-9-11-25(12-10-24)21(28)18-7-6-8-23-14-18/h6-8,13-14H,9-12,15H2,1-5H3. The molecule has 0 radical (unpaired) electrons. The fraction of sp³-hybridized carbons (Fsp3) is 0.500. The molecule has 0 unspecified atom stereocenters. The van der Waals surface area contributed by atoms with Gasteiger partial charge in [0, 0.05) is 61.1 Å². The average Bonchev–Trinajstić information content (AvgIpc) is 2.97. The van der Waals surface area contributed by atoms with Gasteiger partial charge in [-0.2, -0.15) is 0 Å². The number of ketones is 1. The number of hydrogen-bond donors (Lipinski definition) is 0. The molecule has 3 rings (SSSR count). The number of carbonyl (C=O) groups is 2. The minimum Gasteiger partial charge on any atom is -0.343 e. The van der Waals surface area contributed by atoms with Crippen molar-refractivity contribution in [3.05, 3.63) is 53.1 Å². The molecule has 0 aliphatic carbocycles. The Morgan fingerprint density at radius 3 is 2.32 bits per heavy atom. The summed E-state index contributed by atoms with van der Waals surface area (Å²) in [6.45, 7) is 13.6. The van der Waals surface area contributed by atoms with Gasteiger partial charge in [0.2, 0.25) is 0 Å². The van der Waals surface area contributed by atoms with Crippen LogP contribution in [0.1, 0.15) is 52.9 Å². The maximum Gasteiger partial charge on any atom is 0.255 e. The maximum absolute atomic E-state index is 12.9. The SMILES string of the molecule is Cc1cc(C(=O)CN2CCN(C(=O)c3cccnc3)CC2)c(C)n1C(C)(C)C. The molecule has 2 aromatic heterocycles. The topological polar surface area (TPSA) is 58.4 Å². The predicted molar refractivity (Wildman–Crippen MR) is 110 cm³/mol. The molecule has 150 valence electrons. The van der Waals surface area contributed by atoms with Crippen molar-refractivity contribution in [2.24, 2.45) is 0 Å². The minimum atomic E-state index is -0.0506. The third-order valence-corrected chi connectivity index (χ3v) is 5.34. The van der Waals surface area contributed by atoms with Crippen molar-refractivity contribution in [3.8, 4) is 0 Å². The second kappa shape index (κ2) is 7.87. The highest BCUT2D eigenvalue weighted by Gasteiger charge is 2.26. The number of Topliss-reactive ketones (excluding diaryl/α,β-unsaturated/α-hetero) is 1. The van der Waals surface area contributed by atoms with E-state index < -0.39 is 0 Å². The van der Waals surface area contributed by atoms with Crippen molar-refractivity contribution in [1.82, 2.24) is 19.4 Å². The van der Waals surface area contributed by atoms with Gasteiger partial charge >= 0.3 is 0 Å². The van der Waals surface area contributed by atoms with Crippen LogP contribution in [0.25, 0.3) is 0 Å². The predicted octanol–water partition coefficient (Wildman–Crippen LogP) is 2.90. The molecule has 0 N–H and O–H groups in total. The van der Waals surface area contributed by atoms with Gasteiger partial charge in [-0.3, -0.25) is 19.5 Å². The van der Waals surface area contributed by atoms with E-state index in [1.165, 1.54) is 0 Å². The van der Waals surface area contributed by atoms with Crippen LogP contribution < -0.4 is 0 Å². The first-order chi connectivity index (χ1) is 13.2. The van der Waals surface area contributed by atoms with E-state index >= 15 is 0 Å². The van der Waals surface area contributed by atoms with Crippen molar-refractivity contribution in [3.63, 3.8) is 0 Å². The molecule has 1 amide bonds. The first-order valence-corrected chi connectivity index (χ1v) is 9.83.